The minimum absolute atomic E-state index is 0.0217. The van der Waals surface area contributed by atoms with Crippen molar-refractivity contribution in [2.45, 2.75) is 25.4 Å². The third-order valence-corrected chi connectivity index (χ3v) is 3.85. The number of hydrogen-bond donors (Lipinski definition) is 1. The molecule has 0 aliphatic heterocycles. The molecular weight excluding hydrogens is 276 g/mol. The first-order chi connectivity index (χ1) is 9.69. The summed E-state index contributed by atoms with van der Waals surface area (Å²) in [5.74, 6) is -0.0217. The molecule has 0 aliphatic carbocycles. The molecule has 0 fully saturated rings. The highest BCUT2D eigenvalue weighted by Gasteiger charge is 2.21. The molecule has 1 aromatic heterocycles. The molecule has 1 heterocycles. The lowest BCUT2D eigenvalue weighted by atomic mass is 10.1. The molecule has 114 valence electrons. The summed E-state index contributed by atoms with van der Waals surface area (Å²) in [7, 11) is 3.28. The van der Waals surface area contributed by atoms with Crippen molar-refractivity contribution in [2.75, 3.05) is 34.0 Å². The summed E-state index contributed by atoms with van der Waals surface area (Å²) < 4.78 is 10.1. The zero-order chi connectivity index (χ0) is 14.8. The Kier molecular flexibility index (Phi) is 8.45. The van der Waals surface area contributed by atoms with Gasteiger partial charge in [0.05, 0.1) is 19.2 Å². The molecule has 2 N–H and O–H groups in total. The average Bonchev–Trinajstić information content (AvgIpc) is 2.95. The van der Waals surface area contributed by atoms with Crippen molar-refractivity contribution in [1.82, 2.24) is 4.90 Å². The number of methoxy groups -OCH3 is 2. The first kappa shape index (κ1) is 17.1. The number of thiophene rings is 1. The zero-order valence-electron chi connectivity index (χ0n) is 12.2. The lowest BCUT2D eigenvalue weighted by Crippen LogP contribution is -2.44. The van der Waals surface area contributed by atoms with E-state index >= 15 is 0 Å². The Morgan fingerprint density at radius 1 is 1.40 bits per heavy atom. The van der Waals surface area contributed by atoms with Gasteiger partial charge < -0.3 is 20.1 Å². The summed E-state index contributed by atoms with van der Waals surface area (Å²) in [6.07, 6.45) is 1.43. The highest BCUT2D eigenvalue weighted by atomic mass is 32.1. The average molecular weight is 300 g/mol. The normalized spacial score (nSPS) is 12.3. The summed E-state index contributed by atoms with van der Waals surface area (Å²) in [5, 5.41) is 2.01. The van der Waals surface area contributed by atoms with Crippen LogP contribution < -0.4 is 5.73 Å². The van der Waals surface area contributed by atoms with Crippen LogP contribution in [0.3, 0.4) is 0 Å². The summed E-state index contributed by atoms with van der Waals surface area (Å²) in [6.45, 7) is 2.30. The van der Waals surface area contributed by atoms with Crippen LogP contribution in [0.15, 0.2) is 17.5 Å². The Labute approximate surface area is 124 Å². The molecular formula is C14H24N2O3S. The van der Waals surface area contributed by atoms with Gasteiger partial charge in [-0.3, -0.25) is 4.79 Å². The Hall–Kier alpha value is -0.950. The van der Waals surface area contributed by atoms with Crippen LogP contribution >= 0.6 is 11.3 Å². The van der Waals surface area contributed by atoms with Crippen LogP contribution in [0.1, 0.15) is 17.7 Å². The van der Waals surface area contributed by atoms with Crippen LogP contribution in [-0.2, 0) is 20.8 Å². The quantitative estimate of drug-likeness (QED) is 0.665. The van der Waals surface area contributed by atoms with E-state index in [1.54, 1.807) is 30.5 Å². The van der Waals surface area contributed by atoms with Crippen LogP contribution in [0.25, 0.3) is 0 Å². The summed E-state index contributed by atoms with van der Waals surface area (Å²) in [4.78, 5) is 15.3. The molecule has 0 saturated carbocycles. The van der Waals surface area contributed by atoms with Gasteiger partial charge in [0.1, 0.15) is 0 Å². The van der Waals surface area contributed by atoms with E-state index in [0.29, 0.717) is 32.7 Å². The standard InChI is InChI=1S/C14H24N2O3S/c1-18-8-3-6-13(15)14(17)16(7-9-19-2)11-12-5-4-10-20-12/h4-5,10,13H,3,6-9,11,15H2,1-2H3. The van der Waals surface area contributed by atoms with E-state index in [1.807, 2.05) is 17.5 Å². The molecule has 1 unspecified atom stereocenters. The number of nitrogens with zero attached hydrogens (tertiary/aromatic N) is 1. The smallest absolute Gasteiger partial charge is 0.239 e. The Morgan fingerprint density at radius 3 is 2.75 bits per heavy atom. The molecule has 5 nitrogen and oxygen atoms in total. The first-order valence-electron chi connectivity index (χ1n) is 6.73. The second-order valence-electron chi connectivity index (χ2n) is 4.57. The van der Waals surface area contributed by atoms with E-state index in [-0.39, 0.29) is 5.91 Å². The van der Waals surface area contributed by atoms with Crippen LogP contribution in [0.4, 0.5) is 0 Å². The Bertz CT molecular complexity index is 371. The van der Waals surface area contributed by atoms with Gasteiger partial charge in [-0.05, 0) is 24.3 Å². The van der Waals surface area contributed by atoms with E-state index in [0.717, 1.165) is 11.3 Å². The van der Waals surface area contributed by atoms with Crippen molar-refractivity contribution in [3.05, 3.63) is 22.4 Å². The largest absolute Gasteiger partial charge is 0.385 e. The lowest BCUT2D eigenvalue weighted by Gasteiger charge is -2.25. The molecule has 1 aromatic rings. The van der Waals surface area contributed by atoms with Gasteiger partial charge in [-0.2, -0.15) is 0 Å². The molecule has 6 heteroatoms. The lowest BCUT2D eigenvalue weighted by molar-refractivity contribution is -0.134. The number of carbonyl (C=O) groups excluding carboxylic acids is 1. The van der Waals surface area contributed by atoms with Gasteiger partial charge in [-0.15, -0.1) is 11.3 Å². The summed E-state index contributed by atoms with van der Waals surface area (Å²) in [5.41, 5.74) is 5.98. The molecule has 1 atom stereocenters. The molecule has 0 aromatic carbocycles. The Balaban J connectivity index is 2.54. The van der Waals surface area contributed by atoms with Crippen LogP contribution in [-0.4, -0.2) is 50.8 Å². The maximum absolute atomic E-state index is 12.4. The molecule has 1 rings (SSSR count). The van der Waals surface area contributed by atoms with Gasteiger partial charge in [0.15, 0.2) is 0 Å². The van der Waals surface area contributed by atoms with Crippen molar-refractivity contribution >= 4 is 17.2 Å². The maximum atomic E-state index is 12.4. The molecule has 1 amide bonds. The third kappa shape index (κ3) is 6.00. The molecule has 0 radical (unpaired) electrons. The van der Waals surface area contributed by atoms with Gasteiger partial charge in [-0.25, -0.2) is 0 Å². The minimum Gasteiger partial charge on any atom is -0.385 e. The monoisotopic (exact) mass is 300 g/mol. The fourth-order valence-corrected chi connectivity index (χ4v) is 2.58. The van der Waals surface area contributed by atoms with Gasteiger partial charge in [0.2, 0.25) is 5.91 Å². The van der Waals surface area contributed by atoms with Crippen molar-refractivity contribution in [1.29, 1.82) is 0 Å². The molecule has 0 saturated heterocycles. The van der Waals surface area contributed by atoms with Gasteiger partial charge >= 0.3 is 0 Å². The molecule has 0 spiro atoms. The number of carbonyl (C=O) groups is 1. The van der Waals surface area contributed by atoms with Crippen molar-refractivity contribution in [2.24, 2.45) is 5.73 Å². The number of hydrogen-bond acceptors (Lipinski definition) is 5. The number of nitrogens with two attached hydrogens (primary N) is 1. The maximum Gasteiger partial charge on any atom is 0.239 e. The van der Waals surface area contributed by atoms with E-state index < -0.39 is 6.04 Å². The molecule has 0 aliphatic rings. The van der Waals surface area contributed by atoms with E-state index in [1.165, 1.54) is 0 Å². The van der Waals surface area contributed by atoms with E-state index in [9.17, 15) is 4.79 Å². The van der Waals surface area contributed by atoms with Crippen molar-refractivity contribution < 1.29 is 14.3 Å². The SMILES string of the molecule is COCCCC(N)C(=O)N(CCOC)Cc1cccs1. The minimum atomic E-state index is -0.470. The predicted molar refractivity (Wildman–Crippen MR) is 80.7 cm³/mol. The Morgan fingerprint density at radius 2 is 2.15 bits per heavy atom. The van der Waals surface area contributed by atoms with Crippen LogP contribution in [0, 0.1) is 0 Å². The number of amides is 1. The summed E-state index contributed by atoms with van der Waals surface area (Å²) in [6, 6.07) is 3.54. The zero-order valence-corrected chi connectivity index (χ0v) is 13.0. The van der Waals surface area contributed by atoms with Gasteiger partial charge in [0.25, 0.3) is 0 Å². The fraction of sp³-hybridized carbons (Fsp3) is 0.643. The highest BCUT2D eigenvalue weighted by Crippen LogP contribution is 2.13. The summed E-state index contributed by atoms with van der Waals surface area (Å²) >= 11 is 1.64. The van der Waals surface area contributed by atoms with Crippen LogP contribution in [0.5, 0.6) is 0 Å². The van der Waals surface area contributed by atoms with Crippen molar-refractivity contribution in [3.8, 4) is 0 Å². The fourth-order valence-electron chi connectivity index (χ4n) is 1.86. The molecule has 20 heavy (non-hydrogen) atoms. The second kappa shape index (κ2) is 9.88. The number of ether oxygens (including phenoxy) is 2. The van der Waals surface area contributed by atoms with E-state index in [2.05, 4.69) is 0 Å². The van der Waals surface area contributed by atoms with Crippen molar-refractivity contribution in [3.63, 3.8) is 0 Å². The third-order valence-electron chi connectivity index (χ3n) is 2.98. The van der Waals surface area contributed by atoms with E-state index in [4.69, 9.17) is 15.2 Å². The highest BCUT2D eigenvalue weighted by molar-refractivity contribution is 7.09. The first-order valence-corrected chi connectivity index (χ1v) is 7.61. The number of rotatable bonds is 10. The van der Waals surface area contributed by atoms with Gasteiger partial charge in [-0.1, -0.05) is 6.07 Å². The second-order valence-corrected chi connectivity index (χ2v) is 5.61. The van der Waals surface area contributed by atoms with Crippen LogP contribution in [0.2, 0.25) is 0 Å². The van der Waals surface area contributed by atoms with Gasteiger partial charge in [0, 0.05) is 32.2 Å². The molecule has 0 bridgehead atoms. The predicted octanol–water partition coefficient (Wildman–Crippen LogP) is 1.48. The topological polar surface area (TPSA) is 64.8 Å².